The molecule has 124 valence electrons. The number of guanidine groups is 1. The molecule has 8 heteroatoms. The molecule has 0 aromatic carbocycles. The van der Waals surface area contributed by atoms with Crippen molar-refractivity contribution >= 4 is 35.0 Å². The average Bonchev–Trinajstić information content (AvgIpc) is 2.93. The summed E-state index contributed by atoms with van der Waals surface area (Å²) in [5.74, 6) is 1.60. The summed E-state index contributed by atoms with van der Waals surface area (Å²) >= 11 is 3.41. The van der Waals surface area contributed by atoms with Crippen molar-refractivity contribution in [1.29, 1.82) is 0 Å². The molecule has 0 fully saturated rings. The zero-order valence-electron chi connectivity index (χ0n) is 13.6. The van der Waals surface area contributed by atoms with E-state index in [4.69, 9.17) is 0 Å². The van der Waals surface area contributed by atoms with Crippen molar-refractivity contribution in [3.05, 3.63) is 11.6 Å². The fourth-order valence-corrected chi connectivity index (χ4v) is 3.21. The van der Waals surface area contributed by atoms with Gasteiger partial charge in [0.2, 0.25) is 5.91 Å². The second-order valence-electron chi connectivity index (χ2n) is 5.65. The predicted octanol–water partition coefficient (Wildman–Crippen LogP) is 1.70. The third-order valence-electron chi connectivity index (χ3n) is 2.40. The Balaban J connectivity index is 2.13. The maximum absolute atomic E-state index is 11.7. The molecular weight excluding hydrogens is 318 g/mol. The van der Waals surface area contributed by atoms with Crippen molar-refractivity contribution in [3.8, 4) is 0 Å². The van der Waals surface area contributed by atoms with E-state index >= 15 is 0 Å². The predicted molar refractivity (Wildman–Crippen MR) is 94.7 cm³/mol. The molecule has 0 bridgehead atoms. The molecule has 0 aliphatic heterocycles. The number of nitrogens with one attached hydrogen (secondary N) is 3. The fraction of sp³-hybridized carbons (Fsp3) is 0.643. The van der Waals surface area contributed by atoms with Gasteiger partial charge in [0.15, 0.2) is 5.96 Å². The van der Waals surface area contributed by atoms with E-state index in [2.05, 4.69) is 25.9 Å². The first-order valence-corrected chi connectivity index (χ1v) is 9.05. The van der Waals surface area contributed by atoms with Gasteiger partial charge in [-0.15, -0.1) is 11.3 Å². The van der Waals surface area contributed by atoms with Crippen LogP contribution in [0.3, 0.4) is 0 Å². The summed E-state index contributed by atoms with van der Waals surface area (Å²) < 4.78 is 1.10. The molecule has 1 amide bonds. The molecule has 0 saturated carbocycles. The summed E-state index contributed by atoms with van der Waals surface area (Å²) in [6.45, 7) is 6.89. The zero-order chi connectivity index (χ0) is 16.4. The van der Waals surface area contributed by atoms with Crippen molar-refractivity contribution < 1.29 is 4.79 Å². The number of nitrogens with zero attached hydrogens (tertiary/aromatic N) is 2. The van der Waals surface area contributed by atoms with Gasteiger partial charge in [-0.25, -0.2) is 4.98 Å². The normalized spacial score (nSPS) is 12.1. The first kappa shape index (κ1) is 18.8. The van der Waals surface area contributed by atoms with Crippen LogP contribution in [0, 0.1) is 0 Å². The number of carbonyl (C=O) groups excluding carboxylic acids is 1. The van der Waals surface area contributed by atoms with Gasteiger partial charge in [0, 0.05) is 36.5 Å². The molecule has 0 atom stereocenters. The molecule has 0 spiro atoms. The second kappa shape index (κ2) is 9.68. The lowest BCUT2D eigenvalue weighted by Gasteiger charge is -2.21. The molecule has 0 radical (unpaired) electrons. The summed E-state index contributed by atoms with van der Waals surface area (Å²) in [4.78, 5) is 20.0. The van der Waals surface area contributed by atoms with Crippen LogP contribution in [0.5, 0.6) is 0 Å². The van der Waals surface area contributed by atoms with Crippen LogP contribution in [-0.2, 0) is 4.79 Å². The minimum Gasteiger partial charge on any atom is -0.356 e. The Bertz CT molecular complexity index is 468. The molecule has 0 unspecified atom stereocenters. The lowest BCUT2D eigenvalue weighted by atomic mass is 10.1. The van der Waals surface area contributed by atoms with Crippen LogP contribution in [0.1, 0.15) is 27.2 Å². The van der Waals surface area contributed by atoms with Crippen LogP contribution in [0.2, 0.25) is 0 Å². The Morgan fingerprint density at radius 3 is 2.77 bits per heavy atom. The summed E-state index contributed by atoms with van der Waals surface area (Å²) in [7, 11) is 1.70. The molecule has 1 rings (SSSR count). The first-order chi connectivity index (χ1) is 10.4. The van der Waals surface area contributed by atoms with Crippen molar-refractivity contribution in [2.75, 3.05) is 25.9 Å². The lowest BCUT2D eigenvalue weighted by molar-refractivity contribution is -0.121. The average molecular weight is 344 g/mol. The maximum Gasteiger partial charge on any atom is 0.239 e. The van der Waals surface area contributed by atoms with Crippen LogP contribution < -0.4 is 16.0 Å². The number of amides is 1. The van der Waals surface area contributed by atoms with Gasteiger partial charge in [-0.1, -0.05) is 11.8 Å². The van der Waals surface area contributed by atoms with Gasteiger partial charge in [-0.2, -0.15) is 0 Å². The molecule has 3 N–H and O–H groups in total. The van der Waals surface area contributed by atoms with Crippen LogP contribution in [0.25, 0.3) is 0 Å². The van der Waals surface area contributed by atoms with E-state index in [1.807, 2.05) is 32.3 Å². The highest BCUT2D eigenvalue weighted by Gasteiger charge is 2.13. The summed E-state index contributed by atoms with van der Waals surface area (Å²) in [5, 5.41) is 11.1. The molecule has 6 nitrogen and oxygen atoms in total. The van der Waals surface area contributed by atoms with Gasteiger partial charge in [-0.3, -0.25) is 9.79 Å². The van der Waals surface area contributed by atoms with Crippen LogP contribution in [0.15, 0.2) is 20.9 Å². The Labute approximate surface area is 140 Å². The molecule has 1 heterocycles. The van der Waals surface area contributed by atoms with E-state index in [0.29, 0.717) is 5.96 Å². The minimum atomic E-state index is -0.219. The molecule has 0 aliphatic carbocycles. The van der Waals surface area contributed by atoms with E-state index < -0.39 is 0 Å². The van der Waals surface area contributed by atoms with E-state index in [0.717, 1.165) is 23.1 Å². The van der Waals surface area contributed by atoms with E-state index in [1.165, 1.54) is 0 Å². The number of aliphatic imine (C=N–C) groups is 1. The van der Waals surface area contributed by atoms with Crippen LogP contribution >= 0.6 is 23.1 Å². The number of thiazole rings is 1. The highest BCUT2D eigenvalue weighted by atomic mass is 32.2. The highest BCUT2D eigenvalue weighted by Crippen LogP contribution is 2.20. The van der Waals surface area contributed by atoms with Gasteiger partial charge < -0.3 is 16.0 Å². The quantitative estimate of drug-likeness (QED) is 0.304. The van der Waals surface area contributed by atoms with E-state index in [-0.39, 0.29) is 18.0 Å². The molecular formula is C14H25N5OS2. The Kier molecular flexibility index (Phi) is 8.26. The summed E-state index contributed by atoms with van der Waals surface area (Å²) in [6, 6.07) is 0. The number of rotatable bonds is 7. The highest BCUT2D eigenvalue weighted by molar-refractivity contribution is 8.00. The van der Waals surface area contributed by atoms with Gasteiger partial charge >= 0.3 is 0 Å². The number of hydrogen-bond donors (Lipinski definition) is 3. The standard InChI is InChI=1S/C14H25N5OS2/c1-14(2,3)19-11(20)10-18-12(15-4)16-6-5-8-21-13-17-7-9-22-13/h7,9H,5-6,8,10H2,1-4H3,(H,19,20)(H2,15,16,18). The number of thioether (sulfide) groups is 1. The topological polar surface area (TPSA) is 78.4 Å². The Morgan fingerprint density at radius 2 is 2.18 bits per heavy atom. The first-order valence-electron chi connectivity index (χ1n) is 7.18. The van der Waals surface area contributed by atoms with Gasteiger partial charge in [0.05, 0.1) is 6.54 Å². The molecule has 22 heavy (non-hydrogen) atoms. The van der Waals surface area contributed by atoms with Crippen LogP contribution in [0.4, 0.5) is 0 Å². The number of carbonyl (C=O) groups is 1. The number of aromatic nitrogens is 1. The monoisotopic (exact) mass is 343 g/mol. The minimum absolute atomic E-state index is 0.0465. The van der Waals surface area contributed by atoms with Crippen LogP contribution in [-0.4, -0.2) is 48.3 Å². The zero-order valence-corrected chi connectivity index (χ0v) is 15.2. The third-order valence-corrected chi connectivity index (χ3v) is 4.46. The SMILES string of the molecule is CN=C(NCCCSc1nccs1)NCC(=O)NC(C)(C)C. The van der Waals surface area contributed by atoms with E-state index in [1.54, 1.807) is 30.1 Å². The fourth-order valence-electron chi connectivity index (χ4n) is 1.57. The third kappa shape index (κ3) is 8.89. The molecule has 0 aliphatic rings. The Hall–Kier alpha value is -1.28. The number of hydrogen-bond acceptors (Lipinski definition) is 5. The maximum atomic E-state index is 11.7. The van der Waals surface area contributed by atoms with Gasteiger partial charge in [-0.05, 0) is 27.2 Å². The molecule has 1 aromatic rings. The lowest BCUT2D eigenvalue weighted by Crippen LogP contribution is -2.48. The Morgan fingerprint density at radius 1 is 1.41 bits per heavy atom. The van der Waals surface area contributed by atoms with Crippen molar-refractivity contribution in [1.82, 2.24) is 20.9 Å². The second-order valence-corrected chi connectivity index (χ2v) is 7.89. The van der Waals surface area contributed by atoms with Crippen molar-refractivity contribution in [3.63, 3.8) is 0 Å². The molecule has 1 aromatic heterocycles. The summed E-state index contributed by atoms with van der Waals surface area (Å²) in [5.41, 5.74) is -0.219. The van der Waals surface area contributed by atoms with Crippen molar-refractivity contribution in [2.24, 2.45) is 4.99 Å². The smallest absolute Gasteiger partial charge is 0.239 e. The largest absolute Gasteiger partial charge is 0.356 e. The van der Waals surface area contributed by atoms with Gasteiger partial charge in [0.25, 0.3) is 0 Å². The summed E-state index contributed by atoms with van der Waals surface area (Å²) in [6.07, 6.45) is 2.82. The van der Waals surface area contributed by atoms with Crippen molar-refractivity contribution in [2.45, 2.75) is 37.1 Å². The molecule has 0 saturated heterocycles. The van der Waals surface area contributed by atoms with E-state index in [9.17, 15) is 4.79 Å². The van der Waals surface area contributed by atoms with Gasteiger partial charge in [0.1, 0.15) is 4.34 Å².